The summed E-state index contributed by atoms with van der Waals surface area (Å²) >= 11 is 1.28. The number of amides is 1. The number of carbonyl (C=O) groups excluding carboxylic acids is 1. The lowest BCUT2D eigenvalue weighted by Crippen LogP contribution is -2.33. The second-order valence-electron chi connectivity index (χ2n) is 7.20. The molecular formula is C22H25N3O5S2. The zero-order valence-corrected chi connectivity index (χ0v) is 20.1. The van der Waals surface area contributed by atoms with E-state index in [0.717, 1.165) is 5.56 Å². The Balaban J connectivity index is 1.76. The number of sulfonamides is 1. The minimum Gasteiger partial charge on any atom is -0.497 e. The van der Waals surface area contributed by atoms with Crippen molar-refractivity contribution in [1.29, 1.82) is 0 Å². The van der Waals surface area contributed by atoms with Crippen molar-refractivity contribution in [1.82, 2.24) is 9.29 Å². The van der Waals surface area contributed by atoms with Gasteiger partial charge in [-0.1, -0.05) is 0 Å². The van der Waals surface area contributed by atoms with Gasteiger partial charge in [-0.2, -0.15) is 4.31 Å². The van der Waals surface area contributed by atoms with Crippen LogP contribution >= 0.6 is 11.3 Å². The summed E-state index contributed by atoms with van der Waals surface area (Å²) in [6.45, 7) is 3.59. The van der Waals surface area contributed by atoms with Crippen LogP contribution in [-0.4, -0.2) is 50.9 Å². The van der Waals surface area contributed by atoms with Crippen molar-refractivity contribution in [2.75, 3.05) is 26.6 Å². The molecule has 170 valence electrons. The molecule has 0 aliphatic rings. The summed E-state index contributed by atoms with van der Waals surface area (Å²) in [6.07, 6.45) is 0. The number of nitrogens with zero attached hydrogens (tertiary/aromatic N) is 2. The zero-order valence-electron chi connectivity index (χ0n) is 18.4. The number of nitrogens with one attached hydrogen (secondary N) is 1. The lowest BCUT2D eigenvalue weighted by atomic mass is 10.1. The van der Waals surface area contributed by atoms with Gasteiger partial charge in [0.15, 0.2) is 5.13 Å². The molecule has 1 aromatic heterocycles. The number of benzene rings is 2. The van der Waals surface area contributed by atoms with Crippen LogP contribution in [-0.2, 0) is 10.0 Å². The summed E-state index contributed by atoms with van der Waals surface area (Å²) < 4.78 is 37.1. The Hall–Kier alpha value is -2.95. The van der Waals surface area contributed by atoms with Crippen LogP contribution in [0.5, 0.6) is 11.5 Å². The third-order valence-electron chi connectivity index (χ3n) is 4.93. The zero-order chi connectivity index (χ0) is 23.5. The van der Waals surface area contributed by atoms with Crippen molar-refractivity contribution >= 4 is 32.4 Å². The van der Waals surface area contributed by atoms with Crippen molar-refractivity contribution in [3.63, 3.8) is 0 Å². The predicted molar refractivity (Wildman–Crippen MR) is 125 cm³/mol. The Morgan fingerprint density at radius 2 is 1.78 bits per heavy atom. The number of methoxy groups -OCH3 is 2. The van der Waals surface area contributed by atoms with Crippen molar-refractivity contribution in [2.45, 2.75) is 24.8 Å². The molecule has 3 aromatic rings. The molecule has 0 spiro atoms. The minimum absolute atomic E-state index is 0.133. The Morgan fingerprint density at radius 3 is 2.38 bits per heavy atom. The van der Waals surface area contributed by atoms with Gasteiger partial charge in [0, 0.05) is 35.7 Å². The molecular weight excluding hydrogens is 450 g/mol. The first-order valence-corrected chi connectivity index (χ1v) is 12.1. The van der Waals surface area contributed by atoms with E-state index in [1.807, 2.05) is 17.5 Å². The van der Waals surface area contributed by atoms with E-state index in [-0.39, 0.29) is 16.8 Å². The fraction of sp³-hybridized carbons (Fsp3) is 0.273. The third-order valence-corrected chi connectivity index (χ3v) is 7.74. The summed E-state index contributed by atoms with van der Waals surface area (Å²) in [5.74, 6) is 0.892. The van der Waals surface area contributed by atoms with Gasteiger partial charge < -0.3 is 9.47 Å². The second-order valence-corrected chi connectivity index (χ2v) is 10.1. The highest BCUT2D eigenvalue weighted by atomic mass is 32.2. The molecule has 1 heterocycles. The second kappa shape index (κ2) is 9.68. The van der Waals surface area contributed by atoms with Gasteiger partial charge in [-0.25, -0.2) is 13.4 Å². The van der Waals surface area contributed by atoms with Gasteiger partial charge in [0.05, 0.1) is 24.8 Å². The molecule has 0 saturated carbocycles. The van der Waals surface area contributed by atoms with Crippen LogP contribution in [0.1, 0.15) is 24.2 Å². The normalized spacial score (nSPS) is 11.6. The van der Waals surface area contributed by atoms with Gasteiger partial charge in [-0.05, 0) is 50.2 Å². The first-order valence-electron chi connectivity index (χ1n) is 9.74. The highest BCUT2D eigenvalue weighted by Gasteiger charge is 2.23. The molecule has 2 aromatic carbocycles. The third kappa shape index (κ3) is 4.93. The molecule has 0 fully saturated rings. The Labute approximate surface area is 191 Å². The number of hydrogen-bond donors (Lipinski definition) is 1. The maximum Gasteiger partial charge on any atom is 0.257 e. The topological polar surface area (TPSA) is 97.8 Å². The van der Waals surface area contributed by atoms with E-state index in [1.165, 1.54) is 47.0 Å². The van der Waals surface area contributed by atoms with Gasteiger partial charge in [-0.15, -0.1) is 11.3 Å². The molecule has 32 heavy (non-hydrogen) atoms. The quantitative estimate of drug-likeness (QED) is 0.527. The summed E-state index contributed by atoms with van der Waals surface area (Å²) in [4.78, 5) is 17.2. The van der Waals surface area contributed by atoms with Gasteiger partial charge >= 0.3 is 0 Å². The number of hydrogen-bond acceptors (Lipinski definition) is 7. The number of ether oxygens (including phenoxy) is 2. The van der Waals surface area contributed by atoms with Crippen LogP contribution in [0, 0.1) is 0 Å². The average molecular weight is 476 g/mol. The molecule has 0 radical (unpaired) electrons. The number of anilines is 1. The summed E-state index contributed by atoms with van der Waals surface area (Å²) in [6, 6.07) is 11.1. The molecule has 0 unspecified atom stereocenters. The Kier molecular flexibility index (Phi) is 7.17. The standard InChI is InChI=1S/C22H25N3O5S2/c1-14(2)25(3)32(27,28)17-9-6-15(7-10-17)21(26)24-22-23-19(13-31-22)18-11-8-16(29-4)12-20(18)30-5/h6-14H,1-5H3,(H,23,24,26). The van der Waals surface area contributed by atoms with Crippen LogP contribution in [0.25, 0.3) is 11.3 Å². The van der Waals surface area contributed by atoms with Gasteiger partial charge in [0.1, 0.15) is 11.5 Å². The molecule has 1 N–H and O–H groups in total. The fourth-order valence-electron chi connectivity index (χ4n) is 2.86. The van der Waals surface area contributed by atoms with E-state index in [1.54, 1.807) is 34.1 Å². The maximum atomic E-state index is 12.6. The summed E-state index contributed by atoms with van der Waals surface area (Å²) in [7, 11) is 1.06. The number of carbonyl (C=O) groups is 1. The van der Waals surface area contributed by atoms with Crippen molar-refractivity contribution < 1.29 is 22.7 Å². The highest BCUT2D eigenvalue weighted by Crippen LogP contribution is 2.35. The number of thiazole rings is 1. The van der Waals surface area contributed by atoms with E-state index in [9.17, 15) is 13.2 Å². The molecule has 1 amide bonds. The van der Waals surface area contributed by atoms with Gasteiger partial charge in [-0.3, -0.25) is 10.1 Å². The fourth-order valence-corrected chi connectivity index (χ4v) is 4.93. The van der Waals surface area contributed by atoms with Gasteiger partial charge in [0.25, 0.3) is 5.91 Å². The smallest absolute Gasteiger partial charge is 0.257 e. The van der Waals surface area contributed by atoms with Crippen molar-refractivity contribution in [3.05, 3.63) is 53.4 Å². The molecule has 3 rings (SSSR count). The van der Waals surface area contributed by atoms with Crippen LogP contribution in [0.4, 0.5) is 5.13 Å². The van der Waals surface area contributed by atoms with E-state index in [2.05, 4.69) is 10.3 Å². The predicted octanol–water partition coefficient (Wildman–Crippen LogP) is 4.11. The van der Waals surface area contributed by atoms with Crippen molar-refractivity contribution in [2.24, 2.45) is 0 Å². The van der Waals surface area contributed by atoms with Crippen LogP contribution in [0.2, 0.25) is 0 Å². The minimum atomic E-state index is -3.61. The highest BCUT2D eigenvalue weighted by molar-refractivity contribution is 7.89. The first kappa shape index (κ1) is 23.7. The van der Waals surface area contributed by atoms with E-state index < -0.39 is 10.0 Å². The number of rotatable bonds is 8. The van der Waals surface area contributed by atoms with Crippen LogP contribution in [0.3, 0.4) is 0 Å². The van der Waals surface area contributed by atoms with E-state index >= 15 is 0 Å². The molecule has 8 nitrogen and oxygen atoms in total. The number of aromatic nitrogens is 1. The SMILES string of the molecule is COc1ccc(-c2csc(NC(=O)c3ccc(S(=O)(=O)N(C)C(C)C)cc3)n2)c(OC)c1. The molecule has 0 bridgehead atoms. The summed E-state index contributed by atoms with van der Waals surface area (Å²) in [5.41, 5.74) is 1.76. The van der Waals surface area contributed by atoms with Crippen LogP contribution in [0.15, 0.2) is 52.7 Å². The van der Waals surface area contributed by atoms with E-state index in [4.69, 9.17) is 9.47 Å². The van der Waals surface area contributed by atoms with Gasteiger partial charge in [0.2, 0.25) is 10.0 Å². The lowest BCUT2D eigenvalue weighted by Gasteiger charge is -2.20. The Morgan fingerprint density at radius 1 is 1.09 bits per heavy atom. The molecule has 0 saturated heterocycles. The average Bonchev–Trinajstić information content (AvgIpc) is 3.26. The first-order chi connectivity index (χ1) is 15.2. The molecule has 0 aliphatic carbocycles. The molecule has 10 heteroatoms. The van der Waals surface area contributed by atoms with Crippen LogP contribution < -0.4 is 14.8 Å². The summed E-state index contributed by atoms with van der Waals surface area (Å²) in [5, 5.41) is 4.98. The largest absolute Gasteiger partial charge is 0.497 e. The van der Waals surface area contributed by atoms with Crippen molar-refractivity contribution in [3.8, 4) is 22.8 Å². The lowest BCUT2D eigenvalue weighted by molar-refractivity contribution is 0.102. The Bertz CT molecular complexity index is 1200. The maximum absolute atomic E-state index is 12.6. The van der Waals surface area contributed by atoms with E-state index in [0.29, 0.717) is 27.9 Å². The molecule has 0 aliphatic heterocycles. The molecule has 0 atom stereocenters. The monoisotopic (exact) mass is 475 g/mol.